The van der Waals surface area contributed by atoms with Crippen LogP contribution in [0.1, 0.15) is 34.0 Å². The Bertz CT molecular complexity index is 1000. The molecule has 5 nitrogen and oxygen atoms in total. The second-order valence-electron chi connectivity index (χ2n) is 6.14. The van der Waals surface area contributed by atoms with Crippen molar-refractivity contribution in [2.75, 3.05) is 13.7 Å². The summed E-state index contributed by atoms with van der Waals surface area (Å²) >= 11 is 0.802. The summed E-state index contributed by atoms with van der Waals surface area (Å²) in [6.07, 6.45) is -4.47. The monoisotopic (exact) mass is 447 g/mol. The number of ether oxygens (including phenoxy) is 1. The second-order valence-corrected chi connectivity index (χ2v) is 9.33. The molecule has 2 rings (SSSR count). The number of rotatable bonds is 6. The minimum absolute atomic E-state index is 0.0640. The van der Waals surface area contributed by atoms with E-state index in [9.17, 15) is 26.4 Å². The van der Waals surface area contributed by atoms with Crippen LogP contribution in [0.25, 0.3) is 0 Å². The van der Waals surface area contributed by atoms with Crippen LogP contribution in [0.15, 0.2) is 46.2 Å². The summed E-state index contributed by atoms with van der Waals surface area (Å²) in [6.45, 7) is 5.04. The van der Waals surface area contributed by atoms with Gasteiger partial charge in [0.15, 0.2) is 0 Å². The predicted molar refractivity (Wildman–Crippen MR) is 104 cm³/mol. The highest BCUT2D eigenvalue weighted by Crippen LogP contribution is 2.34. The lowest BCUT2D eigenvalue weighted by atomic mass is 10.0. The molecule has 0 unspecified atom stereocenters. The molecule has 0 saturated carbocycles. The van der Waals surface area contributed by atoms with Gasteiger partial charge in [-0.2, -0.15) is 13.2 Å². The predicted octanol–water partition coefficient (Wildman–Crippen LogP) is 4.83. The van der Waals surface area contributed by atoms with E-state index in [4.69, 9.17) is 4.74 Å². The fourth-order valence-corrected chi connectivity index (χ4v) is 5.22. The normalized spacial score (nSPS) is 12.3. The third-order valence-corrected chi connectivity index (χ3v) is 7.64. The highest BCUT2D eigenvalue weighted by molar-refractivity contribution is 8.08. The summed E-state index contributed by atoms with van der Waals surface area (Å²) in [6, 6.07) is 6.92. The molecule has 0 fully saturated rings. The van der Waals surface area contributed by atoms with Gasteiger partial charge in [0, 0.05) is 11.4 Å². The number of alkyl halides is 3. The van der Waals surface area contributed by atoms with E-state index in [0.717, 1.165) is 27.8 Å². The van der Waals surface area contributed by atoms with Crippen molar-refractivity contribution in [3.05, 3.63) is 58.7 Å². The summed E-state index contributed by atoms with van der Waals surface area (Å²) in [5, 5.41) is 0. The Kier molecular flexibility index (Phi) is 7.02. The van der Waals surface area contributed by atoms with E-state index in [1.165, 1.54) is 31.4 Å². The van der Waals surface area contributed by atoms with Gasteiger partial charge in [0.1, 0.15) is 0 Å². The maximum absolute atomic E-state index is 13.1. The SMILES string of the molecule is CCN(Sc1ccc(C(F)(F)F)cc1)S(=O)(=O)c1cc(C)c(C)c(C(=O)OC)c1. The molecule has 0 amide bonds. The molecule has 0 radical (unpaired) electrons. The highest BCUT2D eigenvalue weighted by atomic mass is 32.3. The topological polar surface area (TPSA) is 63.7 Å². The number of aryl methyl sites for hydroxylation is 1. The number of carbonyl (C=O) groups excluding carboxylic acids is 1. The number of nitrogens with zero attached hydrogens (tertiary/aromatic N) is 1. The Morgan fingerprint density at radius 3 is 2.21 bits per heavy atom. The van der Waals surface area contributed by atoms with Crippen LogP contribution >= 0.6 is 11.9 Å². The van der Waals surface area contributed by atoms with Crippen molar-refractivity contribution < 1.29 is 31.1 Å². The molecule has 10 heteroatoms. The molecule has 2 aromatic rings. The average Bonchev–Trinajstić information content (AvgIpc) is 2.66. The highest BCUT2D eigenvalue weighted by Gasteiger charge is 2.31. The van der Waals surface area contributed by atoms with Gasteiger partial charge in [0.2, 0.25) is 0 Å². The minimum atomic E-state index is -4.47. The van der Waals surface area contributed by atoms with Crippen molar-refractivity contribution in [3.8, 4) is 0 Å². The molecule has 0 aromatic heterocycles. The van der Waals surface area contributed by atoms with E-state index in [1.54, 1.807) is 20.8 Å². The lowest BCUT2D eigenvalue weighted by Crippen LogP contribution is -2.25. The standard InChI is InChI=1S/C19H20F3NO4S2/c1-5-23(28-15-8-6-14(7-9-15)19(20,21)22)29(25,26)16-10-12(2)13(3)17(11-16)18(24)27-4/h6-11H,5H2,1-4H3. The number of sulfonamides is 1. The molecule has 0 bridgehead atoms. The van der Waals surface area contributed by atoms with Crippen molar-refractivity contribution in [1.82, 2.24) is 3.71 Å². The molecule has 0 aliphatic carbocycles. The van der Waals surface area contributed by atoms with Crippen LogP contribution in [0.3, 0.4) is 0 Å². The van der Waals surface area contributed by atoms with Gasteiger partial charge >= 0.3 is 12.1 Å². The van der Waals surface area contributed by atoms with E-state index in [0.29, 0.717) is 16.0 Å². The maximum Gasteiger partial charge on any atom is 0.416 e. The lowest BCUT2D eigenvalue weighted by molar-refractivity contribution is -0.137. The molecule has 29 heavy (non-hydrogen) atoms. The van der Waals surface area contributed by atoms with Crippen LogP contribution < -0.4 is 0 Å². The first kappa shape index (κ1) is 23.2. The van der Waals surface area contributed by atoms with Gasteiger partial charge in [-0.05, 0) is 73.3 Å². The van der Waals surface area contributed by atoms with Crippen LogP contribution in [-0.2, 0) is 20.9 Å². The van der Waals surface area contributed by atoms with Crippen LogP contribution in [0.4, 0.5) is 13.2 Å². The summed E-state index contributed by atoms with van der Waals surface area (Å²) < 4.78 is 70.1. The molecule has 0 atom stereocenters. The Labute approximate surface area is 172 Å². The van der Waals surface area contributed by atoms with Gasteiger partial charge in [-0.25, -0.2) is 13.2 Å². The van der Waals surface area contributed by atoms with Crippen molar-refractivity contribution >= 4 is 27.9 Å². The van der Waals surface area contributed by atoms with Crippen molar-refractivity contribution in [2.45, 2.75) is 36.7 Å². The number of methoxy groups -OCH3 is 1. The minimum Gasteiger partial charge on any atom is -0.465 e. The molecular formula is C19H20F3NO4S2. The average molecular weight is 448 g/mol. The quantitative estimate of drug-likeness (QED) is 0.469. The van der Waals surface area contributed by atoms with Gasteiger partial charge in [-0.15, -0.1) is 3.71 Å². The molecule has 2 aromatic carbocycles. The molecule has 0 aliphatic heterocycles. The Morgan fingerprint density at radius 1 is 1.14 bits per heavy atom. The number of hydrogen-bond acceptors (Lipinski definition) is 5. The smallest absolute Gasteiger partial charge is 0.416 e. The third-order valence-electron chi connectivity index (χ3n) is 4.26. The van der Waals surface area contributed by atoms with E-state index in [2.05, 4.69) is 0 Å². The fraction of sp³-hybridized carbons (Fsp3) is 0.316. The molecule has 0 spiro atoms. The van der Waals surface area contributed by atoms with Crippen molar-refractivity contribution in [3.63, 3.8) is 0 Å². The zero-order valence-corrected chi connectivity index (χ0v) is 17.8. The van der Waals surface area contributed by atoms with Gasteiger partial charge in [-0.1, -0.05) is 6.92 Å². The van der Waals surface area contributed by atoms with Crippen LogP contribution in [0, 0.1) is 13.8 Å². The maximum atomic E-state index is 13.1. The molecule has 0 N–H and O–H groups in total. The van der Waals surface area contributed by atoms with Gasteiger partial charge < -0.3 is 4.74 Å². The molecule has 0 heterocycles. The van der Waals surface area contributed by atoms with E-state index >= 15 is 0 Å². The van der Waals surface area contributed by atoms with E-state index in [-0.39, 0.29) is 17.0 Å². The van der Waals surface area contributed by atoms with Crippen molar-refractivity contribution in [1.29, 1.82) is 0 Å². The molecular weight excluding hydrogens is 427 g/mol. The van der Waals surface area contributed by atoms with E-state index in [1.807, 2.05) is 0 Å². The molecule has 0 saturated heterocycles. The fourth-order valence-electron chi connectivity index (χ4n) is 2.52. The number of carbonyl (C=O) groups is 1. The van der Waals surface area contributed by atoms with Gasteiger partial charge in [0.25, 0.3) is 10.0 Å². The lowest BCUT2D eigenvalue weighted by Gasteiger charge is -2.21. The first-order chi connectivity index (χ1) is 13.4. The second kappa shape index (κ2) is 8.76. The van der Waals surface area contributed by atoms with Crippen molar-refractivity contribution in [2.24, 2.45) is 0 Å². The Balaban J connectivity index is 2.40. The largest absolute Gasteiger partial charge is 0.465 e. The number of esters is 1. The summed E-state index contributed by atoms with van der Waals surface area (Å²) in [7, 11) is -2.82. The first-order valence-corrected chi connectivity index (χ1v) is 10.7. The van der Waals surface area contributed by atoms with Crippen LogP contribution in [0.5, 0.6) is 0 Å². The molecule has 158 valence electrons. The Morgan fingerprint density at radius 2 is 1.72 bits per heavy atom. The van der Waals surface area contributed by atoms with Crippen LogP contribution in [0.2, 0.25) is 0 Å². The summed E-state index contributed by atoms with van der Waals surface area (Å²) in [4.78, 5) is 12.2. The van der Waals surface area contributed by atoms with Gasteiger partial charge in [-0.3, -0.25) is 0 Å². The third kappa shape index (κ3) is 5.12. The van der Waals surface area contributed by atoms with E-state index < -0.39 is 27.7 Å². The zero-order valence-electron chi connectivity index (χ0n) is 16.2. The summed E-state index contributed by atoms with van der Waals surface area (Å²) in [5.41, 5.74) is 0.530. The summed E-state index contributed by atoms with van der Waals surface area (Å²) in [5.74, 6) is -0.652. The van der Waals surface area contributed by atoms with Crippen LogP contribution in [-0.4, -0.2) is 31.8 Å². The Hall–Kier alpha value is -2.04. The number of halogens is 3. The first-order valence-electron chi connectivity index (χ1n) is 8.49. The zero-order chi connectivity index (χ0) is 22.0. The number of benzene rings is 2. The van der Waals surface area contributed by atoms with Gasteiger partial charge in [0.05, 0.1) is 23.1 Å². The number of hydrogen-bond donors (Lipinski definition) is 0. The molecule has 0 aliphatic rings.